The summed E-state index contributed by atoms with van der Waals surface area (Å²) in [5, 5.41) is 13.7. The summed E-state index contributed by atoms with van der Waals surface area (Å²) in [7, 11) is 0. The van der Waals surface area contributed by atoms with Crippen molar-refractivity contribution in [2.24, 2.45) is 0 Å². The lowest BCUT2D eigenvalue weighted by atomic mass is 10.1. The topological polar surface area (TPSA) is 45.2 Å². The summed E-state index contributed by atoms with van der Waals surface area (Å²) in [6, 6.07) is 4.21. The Morgan fingerprint density at radius 1 is 1.25 bits per heavy atom. The molecule has 0 saturated heterocycles. The van der Waals surface area contributed by atoms with E-state index in [1.54, 1.807) is 17.4 Å². The molecule has 108 valence electrons. The van der Waals surface area contributed by atoms with E-state index < -0.39 is 5.82 Å². The normalized spacial score (nSPS) is 14.2. The highest BCUT2D eigenvalue weighted by Crippen LogP contribution is 2.28. The summed E-state index contributed by atoms with van der Waals surface area (Å²) in [5.41, 5.74) is 1.57. The van der Waals surface area contributed by atoms with E-state index in [0.29, 0.717) is 5.56 Å². The number of aromatic hydroxyl groups is 1. The number of rotatable bonds is 4. The van der Waals surface area contributed by atoms with Crippen LogP contribution < -0.4 is 5.32 Å². The van der Waals surface area contributed by atoms with Gasteiger partial charge in [-0.3, -0.25) is 0 Å². The predicted octanol–water partition coefficient (Wildman–Crippen LogP) is 4.02. The fraction of sp³-hybridized carbons (Fsp3) is 0.400. The van der Waals surface area contributed by atoms with Gasteiger partial charge in [-0.25, -0.2) is 9.37 Å². The van der Waals surface area contributed by atoms with Crippen LogP contribution >= 0.6 is 11.3 Å². The molecule has 2 N–H and O–H groups in total. The van der Waals surface area contributed by atoms with Crippen LogP contribution in [0.5, 0.6) is 5.75 Å². The highest BCUT2D eigenvalue weighted by Gasteiger charge is 2.18. The van der Waals surface area contributed by atoms with Gasteiger partial charge >= 0.3 is 0 Å². The van der Waals surface area contributed by atoms with Crippen LogP contribution in [0.4, 0.5) is 4.39 Å². The second-order valence-electron chi connectivity index (χ2n) is 5.00. The Balaban J connectivity index is 2.14. The first-order chi connectivity index (χ1) is 9.38. The molecule has 0 bridgehead atoms. The first-order valence-electron chi connectivity index (χ1n) is 6.57. The number of aryl methyl sites for hydroxylation is 2. The van der Waals surface area contributed by atoms with Crippen LogP contribution in [0.2, 0.25) is 0 Å². The summed E-state index contributed by atoms with van der Waals surface area (Å²) in [6.45, 7) is 7.93. The number of thiazole rings is 1. The van der Waals surface area contributed by atoms with Crippen molar-refractivity contribution in [1.82, 2.24) is 10.3 Å². The molecule has 0 radical (unpaired) electrons. The maximum absolute atomic E-state index is 13.8. The van der Waals surface area contributed by atoms with Crippen LogP contribution in [0.15, 0.2) is 18.2 Å². The number of benzene rings is 1. The van der Waals surface area contributed by atoms with E-state index in [-0.39, 0.29) is 17.8 Å². The molecule has 3 nitrogen and oxygen atoms in total. The molecule has 1 heterocycles. The van der Waals surface area contributed by atoms with Gasteiger partial charge in [-0.1, -0.05) is 6.07 Å². The highest BCUT2D eigenvalue weighted by molar-refractivity contribution is 7.11. The summed E-state index contributed by atoms with van der Waals surface area (Å²) in [5.74, 6) is -0.449. The number of phenolic OH excluding ortho intramolecular Hbond substituents is 1. The smallest absolute Gasteiger partial charge is 0.131 e. The third kappa shape index (κ3) is 3.16. The van der Waals surface area contributed by atoms with Crippen molar-refractivity contribution in [3.05, 3.63) is 45.2 Å². The fourth-order valence-electron chi connectivity index (χ4n) is 2.36. The zero-order valence-corrected chi connectivity index (χ0v) is 12.9. The minimum absolute atomic E-state index is 0.0552. The largest absolute Gasteiger partial charge is 0.508 e. The number of nitrogens with zero attached hydrogens (tertiary/aromatic N) is 1. The van der Waals surface area contributed by atoms with Gasteiger partial charge in [0.05, 0.1) is 10.7 Å². The molecule has 0 amide bonds. The first kappa shape index (κ1) is 14.9. The first-order valence-corrected chi connectivity index (χ1v) is 7.38. The Morgan fingerprint density at radius 2 is 1.95 bits per heavy atom. The molecule has 2 aromatic rings. The van der Waals surface area contributed by atoms with E-state index in [4.69, 9.17) is 0 Å². The van der Waals surface area contributed by atoms with E-state index in [2.05, 4.69) is 17.2 Å². The number of phenols is 1. The third-order valence-corrected chi connectivity index (χ3v) is 4.54. The van der Waals surface area contributed by atoms with Crippen LogP contribution in [0, 0.1) is 19.7 Å². The Bertz CT molecular complexity index is 612. The quantitative estimate of drug-likeness (QED) is 0.895. The van der Waals surface area contributed by atoms with Gasteiger partial charge in [-0.2, -0.15) is 0 Å². The average Bonchev–Trinajstić information content (AvgIpc) is 2.68. The van der Waals surface area contributed by atoms with Crippen LogP contribution in [0.3, 0.4) is 0 Å². The second-order valence-corrected chi connectivity index (χ2v) is 6.23. The van der Waals surface area contributed by atoms with Gasteiger partial charge in [0.25, 0.3) is 0 Å². The van der Waals surface area contributed by atoms with E-state index in [1.165, 1.54) is 10.9 Å². The van der Waals surface area contributed by atoms with Gasteiger partial charge in [-0.05, 0) is 33.8 Å². The molecule has 5 heteroatoms. The Labute approximate surface area is 122 Å². The number of hydrogen-bond acceptors (Lipinski definition) is 4. The second kappa shape index (κ2) is 5.89. The number of aromatic nitrogens is 1. The monoisotopic (exact) mass is 294 g/mol. The maximum Gasteiger partial charge on any atom is 0.131 e. The summed E-state index contributed by atoms with van der Waals surface area (Å²) in [6.07, 6.45) is 0. The number of hydrogen-bond donors (Lipinski definition) is 2. The van der Waals surface area contributed by atoms with Crippen molar-refractivity contribution in [3.63, 3.8) is 0 Å². The molecule has 0 aliphatic carbocycles. The average molecular weight is 294 g/mol. The van der Waals surface area contributed by atoms with Gasteiger partial charge < -0.3 is 10.4 Å². The zero-order valence-electron chi connectivity index (χ0n) is 12.1. The van der Waals surface area contributed by atoms with E-state index in [9.17, 15) is 9.50 Å². The van der Waals surface area contributed by atoms with E-state index in [1.807, 2.05) is 20.8 Å². The molecule has 2 rings (SSSR count). The Morgan fingerprint density at radius 3 is 2.50 bits per heavy atom. The lowest BCUT2D eigenvalue weighted by molar-refractivity contribution is 0.455. The van der Waals surface area contributed by atoms with Crippen molar-refractivity contribution in [2.75, 3.05) is 0 Å². The standard InChI is InChI=1S/C15H19FN2OS/c1-8(13-6-5-12(19)7-14(13)16)17-9(2)15-10(3)18-11(4)20-15/h5-9,17,19H,1-4H3. The molecule has 0 aliphatic rings. The number of nitrogens with one attached hydrogen (secondary N) is 1. The zero-order chi connectivity index (χ0) is 14.9. The molecule has 1 aromatic carbocycles. The minimum atomic E-state index is -0.394. The summed E-state index contributed by atoms with van der Waals surface area (Å²) >= 11 is 1.66. The molecule has 2 atom stereocenters. The van der Waals surface area contributed by atoms with Crippen molar-refractivity contribution >= 4 is 11.3 Å². The molecule has 0 saturated carbocycles. The molecule has 0 fully saturated rings. The van der Waals surface area contributed by atoms with Crippen molar-refractivity contribution < 1.29 is 9.50 Å². The lowest BCUT2D eigenvalue weighted by Gasteiger charge is -2.20. The molecular weight excluding hydrogens is 275 g/mol. The Kier molecular flexibility index (Phi) is 4.40. The van der Waals surface area contributed by atoms with Gasteiger partial charge in [0.2, 0.25) is 0 Å². The van der Waals surface area contributed by atoms with Gasteiger partial charge in [0.15, 0.2) is 0 Å². The van der Waals surface area contributed by atoms with Crippen LogP contribution in [0.25, 0.3) is 0 Å². The molecule has 0 aliphatic heterocycles. The third-order valence-electron chi connectivity index (χ3n) is 3.28. The van der Waals surface area contributed by atoms with E-state index in [0.717, 1.165) is 16.8 Å². The van der Waals surface area contributed by atoms with Gasteiger partial charge in [0.1, 0.15) is 11.6 Å². The Hall–Kier alpha value is -1.46. The SMILES string of the molecule is Cc1nc(C)c(C(C)NC(C)c2ccc(O)cc2F)s1. The van der Waals surface area contributed by atoms with E-state index >= 15 is 0 Å². The summed E-state index contributed by atoms with van der Waals surface area (Å²) < 4.78 is 13.8. The van der Waals surface area contributed by atoms with Crippen molar-refractivity contribution in [3.8, 4) is 5.75 Å². The predicted molar refractivity (Wildman–Crippen MR) is 79.6 cm³/mol. The summed E-state index contributed by atoms with van der Waals surface area (Å²) in [4.78, 5) is 5.59. The molecule has 2 unspecified atom stereocenters. The van der Waals surface area contributed by atoms with Crippen molar-refractivity contribution in [2.45, 2.75) is 39.8 Å². The highest BCUT2D eigenvalue weighted by atomic mass is 32.1. The van der Waals surface area contributed by atoms with Crippen molar-refractivity contribution in [1.29, 1.82) is 0 Å². The molecule has 20 heavy (non-hydrogen) atoms. The molecule has 0 spiro atoms. The van der Waals surface area contributed by atoms with Crippen LogP contribution in [-0.4, -0.2) is 10.1 Å². The van der Waals surface area contributed by atoms with Crippen LogP contribution in [-0.2, 0) is 0 Å². The van der Waals surface area contributed by atoms with Gasteiger partial charge in [-0.15, -0.1) is 11.3 Å². The maximum atomic E-state index is 13.8. The molecular formula is C15H19FN2OS. The molecule has 1 aromatic heterocycles. The fourth-order valence-corrected chi connectivity index (χ4v) is 3.30. The minimum Gasteiger partial charge on any atom is -0.508 e. The van der Waals surface area contributed by atoms with Crippen LogP contribution in [0.1, 0.15) is 47.1 Å². The number of halogens is 1. The lowest BCUT2D eigenvalue weighted by Crippen LogP contribution is -2.23. The van der Waals surface area contributed by atoms with Gasteiger partial charge in [0, 0.05) is 28.6 Å².